The molecule has 1 aliphatic carbocycles. The van der Waals surface area contributed by atoms with Crippen molar-refractivity contribution in [3.05, 3.63) is 42.0 Å². The summed E-state index contributed by atoms with van der Waals surface area (Å²) in [7, 11) is -2.15. The van der Waals surface area contributed by atoms with Crippen LogP contribution in [0.5, 0.6) is 5.88 Å². The molecule has 2 N–H and O–H groups in total. The van der Waals surface area contributed by atoms with Crippen molar-refractivity contribution in [2.24, 2.45) is 5.92 Å². The zero-order chi connectivity index (χ0) is 30.6. The maximum Gasteiger partial charge on any atom is 0.243 e. The lowest BCUT2D eigenvalue weighted by molar-refractivity contribution is -0.123. The molecule has 43 heavy (non-hydrogen) atoms. The molecule has 1 saturated carbocycles. The predicted octanol–water partition coefficient (Wildman–Crippen LogP) is 3.83. The molecule has 5 rings (SSSR count). The van der Waals surface area contributed by atoms with Gasteiger partial charge in [0.15, 0.2) is 5.13 Å². The zero-order valence-corrected chi connectivity index (χ0v) is 26.5. The number of anilines is 1. The molecule has 232 valence electrons. The summed E-state index contributed by atoms with van der Waals surface area (Å²) in [6.45, 7) is 5.68. The number of nitrogens with zero attached hydrogens (tertiary/aromatic N) is 4. The largest absolute Gasteiger partial charge is 0.481 e. The molecule has 0 radical (unpaired) electrons. The average molecular weight is 629 g/mol. The first-order chi connectivity index (χ1) is 20.6. The minimum Gasteiger partial charge on any atom is -0.481 e. The van der Waals surface area contributed by atoms with E-state index in [1.54, 1.807) is 37.4 Å². The summed E-state index contributed by atoms with van der Waals surface area (Å²) >= 11 is 1.29. The van der Waals surface area contributed by atoms with Crippen LogP contribution in [0.25, 0.3) is 10.3 Å². The number of fused-ring (bicyclic) bond motifs is 1. The number of ether oxygens (including phenoxy) is 1. The summed E-state index contributed by atoms with van der Waals surface area (Å²) in [5.41, 5.74) is 1.47. The van der Waals surface area contributed by atoms with Gasteiger partial charge in [0, 0.05) is 38.3 Å². The van der Waals surface area contributed by atoms with Crippen LogP contribution in [0.3, 0.4) is 0 Å². The van der Waals surface area contributed by atoms with Gasteiger partial charge in [0.25, 0.3) is 0 Å². The minimum atomic E-state index is -3.71. The Hall–Kier alpha value is -3.13. The number of carbonyl (C=O) groups excluding carboxylic acids is 2. The third kappa shape index (κ3) is 7.69. The molecule has 2 fully saturated rings. The van der Waals surface area contributed by atoms with Gasteiger partial charge in [0.05, 0.1) is 24.5 Å². The summed E-state index contributed by atoms with van der Waals surface area (Å²) in [6.07, 6.45) is 5.20. The van der Waals surface area contributed by atoms with Gasteiger partial charge in [-0.05, 0) is 49.9 Å². The third-order valence-corrected chi connectivity index (χ3v) is 10.9. The second-order valence-corrected chi connectivity index (χ2v) is 14.5. The van der Waals surface area contributed by atoms with Crippen molar-refractivity contribution in [1.82, 2.24) is 24.5 Å². The van der Waals surface area contributed by atoms with Crippen molar-refractivity contribution < 1.29 is 22.7 Å². The van der Waals surface area contributed by atoms with E-state index in [-0.39, 0.29) is 29.3 Å². The van der Waals surface area contributed by atoms with E-state index in [1.807, 2.05) is 24.8 Å². The second-order valence-electron chi connectivity index (χ2n) is 11.6. The first-order valence-electron chi connectivity index (χ1n) is 14.9. The number of pyridine rings is 1. The van der Waals surface area contributed by atoms with E-state index in [0.29, 0.717) is 59.9 Å². The number of aromatic nitrogens is 2. The first kappa shape index (κ1) is 31.3. The quantitative estimate of drug-likeness (QED) is 0.327. The lowest BCUT2D eigenvalue weighted by Gasteiger charge is -2.33. The van der Waals surface area contributed by atoms with E-state index in [0.717, 1.165) is 31.2 Å². The molecular weight excluding hydrogens is 589 g/mol. The van der Waals surface area contributed by atoms with Crippen molar-refractivity contribution >= 4 is 48.7 Å². The molecular formula is C30H40N6O5S2. The Morgan fingerprint density at radius 2 is 1.72 bits per heavy atom. The molecule has 3 aromatic rings. The van der Waals surface area contributed by atoms with Gasteiger partial charge in [-0.2, -0.15) is 4.31 Å². The highest BCUT2D eigenvalue weighted by molar-refractivity contribution is 7.89. The SMILES string of the molecule is COc1ccc2nc(NC(=O)[C@H](CC3CCCC3)c3ccc(S(=O)(=O)N4CCN(CC(=O)NC(C)C)CC4)cc3)sc2n1. The van der Waals surface area contributed by atoms with Gasteiger partial charge in [0.2, 0.25) is 27.7 Å². The van der Waals surface area contributed by atoms with E-state index < -0.39 is 15.9 Å². The van der Waals surface area contributed by atoms with E-state index in [4.69, 9.17) is 4.74 Å². The Bertz CT molecular complexity index is 1530. The molecule has 2 aromatic heterocycles. The van der Waals surface area contributed by atoms with Crippen LogP contribution in [-0.2, 0) is 19.6 Å². The number of benzene rings is 1. The van der Waals surface area contributed by atoms with Crippen LogP contribution in [-0.4, -0.2) is 85.3 Å². The van der Waals surface area contributed by atoms with Gasteiger partial charge >= 0.3 is 0 Å². The standard InChI is InChI=1S/C30H40N6O5S2/c1-20(2)31-26(37)19-35-14-16-36(17-15-35)43(39,40)23-10-8-22(9-11-23)24(18-21-6-4-5-7-21)28(38)34-30-32-25-12-13-27(41-3)33-29(25)42-30/h8-13,20-21,24H,4-7,14-19H2,1-3H3,(H,31,37)(H,32,34,38)/t24-/m1/s1. The number of amides is 2. The highest BCUT2D eigenvalue weighted by atomic mass is 32.2. The Kier molecular flexibility index (Phi) is 9.95. The third-order valence-electron chi connectivity index (χ3n) is 8.10. The summed E-state index contributed by atoms with van der Waals surface area (Å²) in [6, 6.07) is 10.4. The fourth-order valence-electron chi connectivity index (χ4n) is 5.85. The monoisotopic (exact) mass is 628 g/mol. The fourth-order valence-corrected chi connectivity index (χ4v) is 8.11. The van der Waals surface area contributed by atoms with Crippen LogP contribution >= 0.6 is 11.3 Å². The molecule has 11 nitrogen and oxygen atoms in total. The van der Waals surface area contributed by atoms with Crippen molar-refractivity contribution in [3.8, 4) is 5.88 Å². The molecule has 0 unspecified atom stereocenters. The Labute approximate surface area is 257 Å². The van der Waals surface area contributed by atoms with Crippen molar-refractivity contribution in [3.63, 3.8) is 0 Å². The van der Waals surface area contributed by atoms with Gasteiger partial charge in [-0.25, -0.2) is 18.4 Å². The van der Waals surface area contributed by atoms with Gasteiger partial charge in [-0.1, -0.05) is 49.2 Å². The van der Waals surface area contributed by atoms with Gasteiger partial charge < -0.3 is 15.4 Å². The summed E-state index contributed by atoms with van der Waals surface area (Å²) in [4.78, 5) is 37.5. The van der Waals surface area contributed by atoms with Crippen LogP contribution in [0.4, 0.5) is 5.13 Å². The number of nitrogens with one attached hydrogen (secondary N) is 2. The maximum absolute atomic E-state index is 13.6. The molecule has 0 bridgehead atoms. The van der Waals surface area contributed by atoms with Crippen molar-refractivity contribution in [2.45, 2.75) is 62.8 Å². The Morgan fingerprint density at radius 1 is 1.02 bits per heavy atom. The van der Waals surface area contributed by atoms with Crippen LogP contribution < -0.4 is 15.4 Å². The van der Waals surface area contributed by atoms with Crippen LogP contribution in [0.15, 0.2) is 41.3 Å². The highest BCUT2D eigenvalue weighted by Gasteiger charge is 2.31. The summed E-state index contributed by atoms with van der Waals surface area (Å²) in [5, 5.41) is 6.34. The van der Waals surface area contributed by atoms with Crippen molar-refractivity contribution in [2.75, 3.05) is 45.2 Å². The molecule has 2 amide bonds. The molecule has 1 saturated heterocycles. The topological polar surface area (TPSA) is 134 Å². The van der Waals surface area contributed by atoms with E-state index in [2.05, 4.69) is 20.6 Å². The number of methoxy groups -OCH3 is 1. The van der Waals surface area contributed by atoms with Gasteiger partial charge in [-0.15, -0.1) is 0 Å². The summed E-state index contributed by atoms with van der Waals surface area (Å²) in [5.74, 6) is 0.276. The fraction of sp³-hybridized carbons (Fsp3) is 0.533. The number of carbonyl (C=O) groups is 2. The second kappa shape index (κ2) is 13.7. The summed E-state index contributed by atoms with van der Waals surface area (Å²) < 4.78 is 33.6. The van der Waals surface area contributed by atoms with Crippen LogP contribution in [0.1, 0.15) is 57.4 Å². The van der Waals surface area contributed by atoms with E-state index in [1.165, 1.54) is 15.6 Å². The van der Waals surface area contributed by atoms with Gasteiger partial charge in [0.1, 0.15) is 10.3 Å². The highest BCUT2D eigenvalue weighted by Crippen LogP contribution is 2.36. The molecule has 2 aliphatic rings. The zero-order valence-electron chi connectivity index (χ0n) is 24.9. The molecule has 1 atom stereocenters. The number of hydrogen-bond donors (Lipinski definition) is 2. The minimum absolute atomic E-state index is 0.0573. The van der Waals surface area contributed by atoms with Crippen LogP contribution in [0.2, 0.25) is 0 Å². The smallest absolute Gasteiger partial charge is 0.243 e. The van der Waals surface area contributed by atoms with E-state index >= 15 is 0 Å². The van der Waals surface area contributed by atoms with Gasteiger partial charge in [-0.3, -0.25) is 14.5 Å². The molecule has 0 spiro atoms. The van der Waals surface area contributed by atoms with E-state index in [9.17, 15) is 18.0 Å². The number of thiazole rings is 1. The maximum atomic E-state index is 13.6. The Morgan fingerprint density at radius 3 is 2.37 bits per heavy atom. The van der Waals surface area contributed by atoms with Crippen LogP contribution in [0, 0.1) is 5.92 Å². The molecule has 1 aliphatic heterocycles. The van der Waals surface area contributed by atoms with Crippen molar-refractivity contribution in [1.29, 1.82) is 0 Å². The predicted molar refractivity (Wildman–Crippen MR) is 167 cm³/mol. The number of piperazine rings is 1. The average Bonchev–Trinajstić information content (AvgIpc) is 3.64. The number of hydrogen-bond acceptors (Lipinski definition) is 9. The normalized spacial score (nSPS) is 17.8. The lowest BCUT2D eigenvalue weighted by atomic mass is 9.87. The molecule has 1 aromatic carbocycles. The molecule has 13 heteroatoms. The first-order valence-corrected chi connectivity index (χ1v) is 17.1. The number of sulfonamides is 1. The number of rotatable bonds is 11. The Balaban J connectivity index is 1.27. The molecule has 3 heterocycles. The lowest BCUT2D eigenvalue weighted by Crippen LogP contribution is -2.51.